The SMILES string of the molecule is CC1(C)c2ccccc2-c2c(-c3c4cccc(-c5cccc6c7ccccc7p(-c7ccccc7)c56)c4cc4c(-c5cccc6c7ccccc7p(-c7ccccc7)c56)cccc34)cccc21. The van der Waals surface area contributed by atoms with E-state index in [2.05, 4.69) is 244 Å². The lowest BCUT2D eigenvalue weighted by Gasteiger charge is -2.22. The molecule has 0 spiro atoms. The maximum Gasteiger partial charge on any atom is 0.0159 e. The van der Waals surface area contributed by atoms with Crippen LogP contribution in [0.25, 0.3) is 119 Å². The Kier molecular flexibility index (Phi) is 8.55. The van der Waals surface area contributed by atoms with Crippen LogP contribution < -0.4 is 0 Å². The van der Waals surface area contributed by atoms with Crippen molar-refractivity contribution >= 4 is 78.6 Å². The molecule has 11 aromatic carbocycles. The fourth-order valence-corrected chi connectivity index (χ4v) is 17.6. The summed E-state index contributed by atoms with van der Waals surface area (Å²) in [6.45, 7) is 4.80. The molecule has 2 heteroatoms. The summed E-state index contributed by atoms with van der Waals surface area (Å²) in [5.41, 5.74) is 13.2. The molecule has 0 saturated carbocycles. The Labute approximate surface area is 392 Å². The van der Waals surface area contributed by atoms with Crippen molar-refractivity contribution < 1.29 is 0 Å². The van der Waals surface area contributed by atoms with Crippen LogP contribution >= 0.6 is 15.1 Å². The minimum absolute atomic E-state index is 0.124. The standard InChI is InChI=1S/C65H44P2/c1-65(2)57-36-12-9-26-53(57)62-54(35-19-37-58(62)65)61-47-29-15-27-43(49-31-17-33-51-45-24-10-13-38-59(45)66(63(49)51)41-20-5-3-6-21-41)55(47)40-56-44(28-16-30-48(56)61)50-32-18-34-52-46-25-11-14-39-60(46)67(64(50)52)42-22-7-4-8-23-42/h3-40H,1-2H3. The predicted octanol–water partition coefficient (Wildman–Crippen LogP) is 19.9. The summed E-state index contributed by atoms with van der Waals surface area (Å²) in [5, 5.41) is 19.1. The fourth-order valence-electron chi connectivity index (χ4n) is 12.1. The van der Waals surface area contributed by atoms with Gasteiger partial charge in [0.15, 0.2) is 0 Å². The fraction of sp³-hybridized carbons (Fsp3) is 0.0462. The van der Waals surface area contributed by atoms with E-state index in [9.17, 15) is 0 Å². The molecule has 0 fully saturated rings. The van der Waals surface area contributed by atoms with Crippen LogP contribution in [0.2, 0.25) is 0 Å². The lowest BCUT2D eigenvalue weighted by atomic mass is 9.81. The van der Waals surface area contributed by atoms with Crippen LogP contribution in [0.1, 0.15) is 25.0 Å². The molecule has 67 heavy (non-hydrogen) atoms. The number of hydrogen-bond donors (Lipinski definition) is 0. The average Bonchev–Trinajstić information content (AvgIpc) is 3.99. The van der Waals surface area contributed by atoms with Gasteiger partial charge in [-0.05, 0) is 115 Å². The van der Waals surface area contributed by atoms with Crippen molar-refractivity contribution in [3.63, 3.8) is 0 Å². The topological polar surface area (TPSA) is 0 Å². The average molecular weight is 887 g/mol. The second-order valence-electron chi connectivity index (χ2n) is 18.7. The van der Waals surface area contributed by atoms with Gasteiger partial charge in [-0.1, -0.05) is 253 Å². The molecule has 2 atom stereocenters. The third-order valence-corrected chi connectivity index (χ3v) is 20.1. The molecule has 0 amide bonds. The summed E-state index contributed by atoms with van der Waals surface area (Å²) in [6, 6.07) is 87.9. The lowest BCUT2D eigenvalue weighted by molar-refractivity contribution is 0.660. The Morgan fingerprint density at radius 1 is 0.269 bits per heavy atom. The maximum atomic E-state index is 2.57. The Bertz CT molecular complexity index is 3950. The molecule has 2 unspecified atom stereocenters. The molecule has 13 aromatic rings. The van der Waals surface area contributed by atoms with Crippen LogP contribution in [0.3, 0.4) is 0 Å². The van der Waals surface area contributed by atoms with Gasteiger partial charge in [-0.15, -0.1) is 0 Å². The van der Waals surface area contributed by atoms with Gasteiger partial charge in [0.05, 0.1) is 0 Å². The van der Waals surface area contributed by atoms with Gasteiger partial charge < -0.3 is 0 Å². The summed E-state index contributed by atoms with van der Waals surface area (Å²) in [5.74, 6) is 0. The Morgan fingerprint density at radius 2 is 0.657 bits per heavy atom. The largest absolute Gasteiger partial charge is 0.0766 e. The minimum atomic E-state index is -0.795. The molecule has 2 heterocycles. The Morgan fingerprint density at radius 3 is 1.21 bits per heavy atom. The summed E-state index contributed by atoms with van der Waals surface area (Å²) < 4.78 is 0. The molecule has 0 radical (unpaired) electrons. The Balaban J connectivity index is 1.15. The van der Waals surface area contributed by atoms with Gasteiger partial charge in [0, 0.05) is 25.9 Å². The molecule has 314 valence electrons. The van der Waals surface area contributed by atoms with Crippen LogP contribution in [0.15, 0.2) is 231 Å². The Hall–Kier alpha value is -7.46. The zero-order chi connectivity index (χ0) is 44.4. The van der Waals surface area contributed by atoms with E-state index >= 15 is 0 Å². The van der Waals surface area contributed by atoms with Crippen molar-refractivity contribution in [3.05, 3.63) is 242 Å². The first-order valence-electron chi connectivity index (χ1n) is 23.4. The van der Waals surface area contributed by atoms with Crippen molar-refractivity contribution in [2.24, 2.45) is 0 Å². The van der Waals surface area contributed by atoms with Crippen molar-refractivity contribution in [3.8, 4) is 55.1 Å². The first-order valence-corrected chi connectivity index (χ1v) is 26.1. The van der Waals surface area contributed by atoms with E-state index in [0.29, 0.717) is 0 Å². The molecule has 2 aromatic heterocycles. The predicted molar refractivity (Wildman–Crippen MR) is 293 cm³/mol. The molecule has 0 nitrogen and oxygen atoms in total. The zero-order valence-electron chi connectivity index (χ0n) is 37.3. The van der Waals surface area contributed by atoms with Gasteiger partial charge in [-0.2, -0.15) is 0 Å². The van der Waals surface area contributed by atoms with Crippen molar-refractivity contribution in [2.75, 3.05) is 0 Å². The van der Waals surface area contributed by atoms with E-state index < -0.39 is 15.1 Å². The highest BCUT2D eigenvalue weighted by atomic mass is 31.1. The van der Waals surface area contributed by atoms with E-state index in [1.54, 1.807) is 0 Å². The quantitative estimate of drug-likeness (QED) is 0.151. The molecule has 0 saturated heterocycles. The first kappa shape index (κ1) is 38.8. The number of hydrogen-bond acceptors (Lipinski definition) is 0. The van der Waals surface area contributed by atoms with Gasteiger partial charge in [0.2, 0.25) is 0 Å². The van der Waals surface area contributed by atoms with Gasteiger partial charge in [0.25, 0.3) is 0 Å². The summed E-state index contributed by atoms with van der Waals surface area (Å²) in [7, 11) is -1.59. The molecule has 1 aliphatic carbocycles. The van der Waals surface area contributed by atoms with E-state index in [1.165, 1.54) is 130 Å². The van der Waals surface area contributed by atoms with E-state index in [0.717, 1.165) is 0 Å². The molecule has 0 aliphatic heterocycles. The summed E-state index contributed by atoms with van der Waals surface area (Å²) in [4.78, 5) is 0. The van der Waals surface area contributed by atoms with Crippen molar-refractivity contribution in [1.29, 1.82) is 0 Å². The third-order valence-electron chi connectivity index (χ3n) is 14.9. The summed E-state index contributed by atoms with van der Waals surface area (Å²) in [6.07, 6.45) is 0. The monoisotopic (exact) mass is 886 g/mol. The summed E-state index contributed by atoms with van der Waals surface area (Å²) >= 11 is 0. The van der Waals surface area contributed by atoms with Crippen LogP contribution in [0.4, 0.5) is 0 Å². The number of rotatable bonds is 5. The van der Waals surface area contributed by atoms with Gasteiger partial charge in [0.1, 0.15) is 0 Å². The van der Waals surface area contributed by atoms with Gasteiger partial charge in [-0.25, -0.2) is 0 Å². The van der Waals surface area contributed by atoms with Crippen molar-refractivity contribution in [1.82, 2.24) is 0 Å². The molecular formula is C65H44P2. The van der Waals surface area contributed by atoms with E-state index in [-0.39, 0.29) is 5.41 Å². The second kappa shape index (κ2) is 14.8. The van der Waals surface area contributed by atoms with Crippen LogP contribution in [0, 0.1) is 0 Å². The van der Waals surface area contributed by atoms with Crippen LogP contribution in [0.5, 0.6) is 0 Å². The highest BCUT2D eigenvalue weighted by molar-refractivity contribution is 7.68. The minimum Gasteiger partial charge on any atom is -0.0766 e. The molecule has 1 aliphatic rings. The molecular weight excluding hydrogens is 843 g/mol. The highest BCUT2D eigenvalue weighted by Gasteiger charge is 2.37. The molecule has 0 bridgehead atoms. The third kappa shape index (κ3) is 5.56. The van der Waals surface area contributed by atoms with E-state index in [4.69, 9.17) is 0 Å². The number of benzene rings is 11. The molecule has 0 N–H and O–H groups in total. The second-order valence-corrected chi connectivity index (χ2v) is 23.0. The van der Waals surface area contributed by atoms with E-state index in [1.807, 2.05) is 0 Å². The van der Waals surface area contributed by atoms with Crippen LogP contribution in [-0.2, 0) is 5.41 Å². The van der Waals surface area contributed by atoms with Gasteiger partial charge >= 0.3 is 0 Å². The number of fused-ring (bicyclic) bond motifs is 11. The van der Waals surface area contributed by atoms with Crippen LogP contribution in [-0.4, -0.2) is 0 Å². The highest BCUT2D eigenvalue weighted by Crippen LogP contribution is 2.61. The molecule has 14 rings (SSSR count). The normalized spacial score (nSPS) is 13.6. The van der Waals surface area contributed by atoms with Crippen molar-refractivity contribution in [2.45, 2.75) is 19.3 Å². The first-order chi connectivity index (χ1) is 33.1. The zero-order valence-corrected chi connectivity index (χ0v) is 39.1. The lowest BCUT2D eigenvalue weighted by Crippen LogP contribution is -2.14. The van der Waals surface area contributed by atoms with Gasteiger partial charge in [-0.3, -0.25) is 0 Å². The maximum absolute atomic E-state index is 2.57. The smallest absolute Gasteiger partial charge is 0.0159 e.